The largest absolute Gasteiger partial charge is 0.497 e. The monoisotopic (exact) mass is 571 g/mol. The van der Waals surface area contributed by atoms with E-state index in [1.165, 1.54) is 0 Å². The molecule has 0 aliphatic carbocycles. The van der Waals surface area contributed by atoms with Crippen molar-refractivity contribution in [3.63, 3.8) is 0 Å². The lowest BCUT2D eigenvalue weighted by atomic mass is 10.2. The van der Waals surface area contributed by atoms with Gasteiger partial charge in [0.15, 0.2) is 5.96 Å². The Morgan fingerprint density at radius 1 is 1.27 bits per heavy atom. The summed E-state index contributed by atoms with van der Waals surface area (Å²) in [6.45, 7) is 9.03. The molecule has 0 spiro atoms. The molecule has 1 atom stereocenters. The molecule has 1 unspecified atom stereocenters. The maximum atomic E-state index is 12.2. The van der Waals surface area contributed by atoms with E-state index in [-0.39, 0.29) is 41.8 Å². The van der Waals surface area contributed by atoms with Crippen LogP contribution in [-0.4, -0.2) is 68.2 Å². The van der Waals surface area contributed by atoms with Crippen LogP contribution in [0.1, 0.15) is 39.3 Å². The van der Waals surface area contributed by atoms with Crippen LogP contribution in [0, 0.1) is 5.92 Å². The van der Waals surface area contributed by atoms with Gasteiger partial charge in [-0.25, -0.2) is 0 Å². The number of H-pyrrole nitrogens is 1. The molecule has 1 aliphatic rings. The van der Waals surface area contributed by atoms with Gasteiger partial charge in [-0.2, -0.15) is 0 Å². The summed E-state index contributed by atoms with van der Waals surface area (Å²) in [5.74, 6) is 2.67. The number of hydrogen-bond acceptors (Lipinski definition) is 4. The van der Waals surface area contributed by atoms with E-state index in [0.29, 0.717) is 6.54 Å². The van der Waals surface area contributed by atoms with Crippen molar-refractivity contribution in [2.24, 2.45) is 10.9 Å². The highest BCUT2D eigenvalue weighted by atomic mass is 127. The van der Waals surface area contributed by atoms with Crippen molar-refractivity contribution in [2.75, 3.05) is 40.4 Å². The number of nitrogens with one attached hydrogen (secondary N) is 3. The van der Waals surface area contributed by atoms with E-state index in [9.17, 15) is 4.79 Å². The fraction of sp³-hybridized carbons (Fsp3) is 0.583. The minimum absolute atomic E-state index is 0. The first kappa shape index (κ1) is 27.1. The Morgan fingerprint density at radius 2 is 2.06 bits per heavy atom. The first-order chi connectivity index (χ1) is 15.4. The third-order valence-electron chi connectivity index (χ3n) is 5.74. The van der Waals surface area contributed by atoms with Crippen LogP contribution in [0.4, 0.5) is 0 Å². The number of hydrogen-bond donors (Lipinski definition) is 3. The first-order valence-electron chi connectivity index (χ1n) is 11.5. The Morgan fingerprint density at radius 3 is 2.73 bits per heavy atom. The second kappa shape index (κ2) is 12.9. The van der Waals surface area contributed by atoms with Crippen LogP contribution in [-0.2, 0) is 11.2 Å². The van der Waals surface area contributed by atoms with Crippen LogP contribution in [0.25, 0.3) is 10.9 Å². The second-order valence-electron chi connectivity index (χ2n) is 8.52. The highest BCUT2D eigenvalue weighted by Crippen LogP contribution is 2.31. The molecule has 1 saturated heterocycles. The maximum absolute atomic E-state index is 12.2. The van der Waals surface area contributed by atoms with Crippen LogP contribution in [0.15, 0.2) is 23.2 Å². The number of benzene rings is 1. The Hall–Kier alpha value is -2.17. The molecule has 2 aromatic rings. The molecule has 1 aliphatic heterocycles. The molecular weight excluding hydrogens is 533 g/mol. The predicted molar refractivity (Wildman–Crippen MR) is 144 cm³/mol. The van der Waals surface area contributed by atoms with Crippen molar-refractivity contribution in [1.29, 1.82) is 0 Å². The lowest BCUT2D eigenvalue weighted by molar-refractivity contribution is -0.133. The Bertz CT molecular complexity index is 944. The van der Waals surface area contributed by atoms with Crippen molar-refractivity contribution in [2.45, 2.75) is 46.1 Å². The number of amides is 1. The summed E-state index contributed by atoms with van der Waals surface area (Å²) in [5, 5.41) is 7.88. The highest BCUT2D eigenvalue weighted by molar-refractivity contribution is 14.0. The summed E-state index contributed by atoms with van der Waals surface area (Å²) in [5.41, 5.74) is 2.16. The van der Waals surface area contributed by atoms with E-state index < -0.39 is 0 Å². The molecule has 0 bridgehead atoms. The van der Waals surface area contributed by atoms with Gasteiger partial charge in [-0.1, -0.05) is 13.8 Å². The van der Waals surface area contributed by atoms with E-state index in [1.54, 1.807) is 14.2 Å². The van der Waals surface area contributed by atoms with Crippen molar-refractivity contribution >= 4 is 46.7 Å². The summed E-state index contributed by atoms with van der Waals surface area (Å²) in [7, 11) is 3.33. The number of aliphatic imine (C=N–C) groups is 1. The highest BCUT2D eigenvalue weighted by Gasteiger charge is 2.27. The van der Waals surface area contributed by atoms with Crippen LogP contribution < -0.4 is 20.1 Å². The molecule has 0 saturated carbocycles. The molecule has 8 nitrogen and oxygen atoms in total. The topological polar surface area (TPSA) is 91.0 Å². The summed E-state index contributed by atoms with van der Waals surface area (Å²) >= 11 is 0. The number of fused-ring (bicyclic) bond motifs is 1. The molecule has 3 rings (SSSR count). The van der Waals surface area contributed by atoms with Crippen molar-refractivity contribution in [1.82, 2.24) is 20.5 Å². The zero-order valence-corrected chi connectivity index (χ0v) is 22.7. The molecule has 33 heavy (non-hydrogen) atoms. The summed E-state index contributed by atoms with van der Waals surface area (Å²) in [6.07, 6.45) is 2.76. The first-order valence-corrected chi connectivity index (χ1v) is 11.5. The van der Waals surface area contributed by atoms with Crippen LogP contribution in [0.3, 0.4) is 0 Å². The molecule has 1 aromatic carbocycles. The Kier molecular flexibility index (Phi) is 10.6. The Labute approximate surface area is 213 Å². The SMILES string of the molecule is CCNC(=NCCCc1cc2c(OC)cc(OC)cc2[nH]1)NC1CCN(C(=O)C(C)C)C1.I. The van der Waals surface area contributed by atoms with E-state index in [0.717, 1.165) is 73.0 Å². The van der Waals surface area contributed by atoms with E-state index in [1.807, 2.05) is 30.9 Å². The lowest BCUT2D eigenvalue weighted by Gasteiger charge is -2.20. The number of nitrogens with zero attached hydrogens (tertiary/aromatic N) is 2. The van der Waals surface area contributed by atoms with Gasteiger partial charge >= 0.3 is 0 Å². The van der Waals surface area contributed by atoms with Gasteiger partial charge in [-0.05, 0) is 32.3 Å². The number of aromatic nitrogens is 1. The van der Waals surface area contributed by atoms with Gasteiger partial charge in [-0.3, -0.25) is 9.79 Å². The van der Waals surface area contributed by atoms with E-state index in [2.05, 4.69) is 28.6 Å². The van der Waals surface area contributed by atoms with Gasteiger partial charge in [0.05, 0.1) is 19.7 Å². The maximum Gasteiger partial charge on any atom is 0.225 e. The number of likely N-dealkylation sites (tertiary alicyclic amines) is 1. The average molecular weight is 572 g/mol. The normalized spacial score (nSPS) is 16.1. The van der Waals surface area contributed by atoms with Gasteiger partial charge in [0, 0.05) is 61.4 Å². The summed E-state index contributed by atoms with van der Waals surface area (Å²) in [4.78, 5) is 22.4. The van der Waals surface area contributed by atoms with Crippen LogP contribution >= 0.6 is 24.0 Å². The number of carbonyl (C=O) groups excluding carboxylic acids is 1. The molecule has 1 amide bonds. The van der Waals surface area contributed by atoms with Gasteiger partial charge in [0.2, 0.25) is 5.91 Å². The number of aryl methyl sites for hydroxylation is 1. The molecule has 184 valence electrons. The number of carbonyl (C=O) groups is 1. The summed E-state index contributed by atoms with van der Waals surface area (Å²) in [6, 6.07) is 6.27. The number of guanidine groups is 1. The van der Waals surface area contributed by atoms with E-state index >= 15 is 0 Å². The lowest BCUT2D eigenvalue weighted by Crippen LogP contribution is -2.45. The van der Waals surface area contributed by atoms with Crippen molar-refractivity contribution in [3.8, 4) is 11.5 Å². The van der Waals surface area contributed by atoms with Gasteiger partial charge in [0.25, 0.3) is 0 Å². The quantitative estimate of drug-likeness (QED) is 0.186. The number of aromatic amines is 1. The van der Waals surface area contributed by atoms with Gasteiger partial charge < -0.3 is 30.0 Å². The van der Waals surface area contributed by atoms with E-state index in [4.69, 9.17) is 14.5 Å². The fourth-order valence-electron chi connectivity index (χ4n) is 4.08. The minimum atomic E-state index is 0. The third-order valence-corrected chi connectivity index (χ3v) is 5.74. The molecular formula is C24H38IN5O3. The third kappa shape index (κ3) is 7.15. The minimum Gasteiger partial charge on any atom is -0.497 e. The number of halogens is 1. The Balaban J connectivity index is 0.00000385. The van der Waals surface area contributed by atoms with Gasteiger partial charge in [-0.15, -0.1) is 24.0 Å². The molecule has 0 radical (unpaired) electrons. The average Bonchev–Trinajstić information content (AvgIpc) is 3.42. The van der Waals surface area contributed by atoms with Crippen molar-refractivity contribution < 1.29 is 14.3 Å². The zero-order valence-electron chi connectivity index (χ0n) is 20.4. The zero-order chi connectivity index (χ0) is 23.1. The molecule has 2 heterocycles. The molecule has 3 N–H and O–H groups in total. The number of rotatable bonds is 9. The predicted octanol–water partition coefficient (Wildman–Crippen LogP) is 3.55. The molecule has 9 heteroatoms. The number of methoxy groups -OCH3 is 2. The van der Waals surface area contributed by atoms with Crippen molar-refractivity contribution in [3.05, 3.63) is 23.9 Å². The molecule has 1 aromatic heterocycles. The summed E-state index contributed by atoms with van der Waals surface area (Å²) < 4.78 is 10.9. The van der Waals surface area contributed by atoms with Crippen LogP contribution in [0.2, 0.25) is 0 Å². The van der Waals surface area contributed by atoms with Gasteiger partial charge in [0.1, 0.15) is 11.5 Å². The van der Waals surface area contributed by atoms with Crippen LogP contribution in [0.5, 0.6) is 11.5 Å². The molecule has 1 fully saturated rings. The standard InChI is InChI=1S/C24H37N5O3.HI/c1-6-25-24(28-18-9-11-29(15-18)23(30)16(2)3)26-10-7-8-17-12-20-21(27-17)13-19(31-4)14-22(20)32-5;/h12-14,16,18,27H,6-11,15H2,1-5H3,(H2,25,26,28);1H. The fourth-order valence-corrected chi connectivity index (χ4v) is 4.08. The second-order valence-corrected chi connectivity index (χ2v) is 8.52. The smallest absolute Gasteiger partial charge is 0.225 e. The number of ether oxygens (including phenoxy) is 2.